The number of carboxylic acid groups (broad SMARTS) is 1. The second kappa shape index (κ2) is 5.25. The van der Waals surface area contributed by atoms with Gasteiger partial charge in [0.25, 0.3) is 5.91 Å². The van der Waals surface area contributed by atoms with Crippen LogP contribution < -0.4 is 0 Å². The van der Waals surface area contributed by atoms with E-state index in [1.54, 1.807) is 17.0 Å². The average Bonchev–Trinajstić information content (AvgIpc) is 2.35. The molecule has 1 heterocycles. The van der Waals surface area contributed by atoms with Crippen LogP contribution in [0.3, 0.4) is 0 Å². The smallest absolute Gasteiger partial charge is 0.335 e. The molecule has 1 N–H and O–H groups in total. The van der Waals surface area contributed by atoms with Crippen LogP contribution in [-0.4, -0.2) is 46.7 Å². The summed E-state index contributed by atoms with van der Waals surface area (Å²) >= 11 is 0. The van der Waals surface area contributed by atoms with E-state index in [9.17, 15) is 9.59 Å². The summed E-state index contributed by atoms with van der Waals surface area (Å²) in [6.07, 6.45) is -0.0367. The molecule has 1 aliphatic rings. The Morgan fingerprint density at radius 1 is 1.35 bits per heavy atom. The van der Waals surface area contributed by atoms with Gasteiger partial charge < -0.3 is 14.7 Å². The Labute approximate surface area is 118 Å². The fraction of sp³-hybridized carbons (Fsp3) is 0.467. The van der Waals surface area contributed by atoms with Crippen molar-refractivity contribution in [2.24, 2.45) is 0 Å². The van der Waals surface area contributed by atoms with E-state index in [1.807, 2.05) is 20.8 Å². The van der Waals surface area contributed by atoms with E-state index in [1.165, 1.54) is 12.1 Å². The third-order valence-corrected chi connectivity index (χ3v) is 3.21. The number of rotatable bonds is 2. The van der Waals surface area contributed by atoms with E-state index >= 15 is 0 Å². The average molecular weight is 277 g/mol. The fourth-order valence-electron chi connectivity index (χ4n) is 2.58. The fourth-order valence-corrected chi connectivity index (χ4v) is 2.58. The molecule has 2 rings (SSSR count). The summed E-state index contributed by atoms with van der Waals surface area (Å²) in [4.78, 5) is 25.2. The molecule has 1 aromatic rings. The number of carbonyl (C=O) groups excluding carboxylic acids is 1. The maximum absolute atomic E-state index is 12.5. The van der Waals surface area contributed by atoms with Crippen molar-refractivity contribution in [1.29, 1.82) is 0 Å². The molecule has 0 spiro atoms. The lowest BCUT2D eigenvalue weighted by atomic mass is 10.0. The quantitative estimate of drug-likeness (QED) is 0.898. The van der Waals surface area contributed by atoms with Gasteiger partial charge in [0.1, 0.15) is 0 Å². The molecule has 1 saturated heterocycles. The Hall–Kier alpha value is -1.88. The van der Waals surface area contributed by atoms with E-state index in [4.69, 9.17) is 9.84 Å². The Morgan fingerprint density at radius 2 is 2.00 bits per heavy atom. The molecule has 1 fully saturated rings. The number of benzene rings is 1. The number of carboxylic acids is 1. The summed E-state index contributed by atoms with van der Waals surface area (Å²) in [5, 5.41) is 8.98. The van der Waals surface area contributed by atoms with Crippen LogP contribution in [0.2, 0.25) is 0 Å². The number of hydrogen-bond acceptors (Lipinski definition) is 3. The SMILES string of the molecule is CC1CN(C(=O)c2cccc(C(=O)O)c2)CC(C)(C)O1. The molecule has 1 atom stereocenters. The van der Waals surface area contributed by atoms with Gasteiger partial charge in [-0.25, -0.2) is 4.79 Å². The molecule has 108 valence electrons. The highest BCUT2D eigenvalue weighted by Crippen LogP contribution is 2.22. The molecule has 20 heavy (non-hydrogen) atoms. The van der Waals surface area contributed by atoms with Gasteiger partial charge in [-0.2, -0.15) is 0 Å². The van der Waals surface area contributed by atoms with Gasteiger partial charge in [0.05, 0.1) is 17.3 Å². The maximum Gasteiger partial charge on any atom is 0.335 e. The molecule has 0 aromatic heterocycles. The number of morpholine rings is 1. The predicted octanol–water partition coefficient (Wildman–Crippen LogP) is 2.02. The van der Waals surface area contributed by atoms with Gasteiger partial charge in [-0.1, -0.05) is 6.07 Å². The van der Waals surface area contributed by atoms with Gasteiger partial charge in [-0.05, 0) is 39.0 Å². The molecule has 0 radical (unpaired) electrons. The van der Waals surface area contributed by atoms with Crippen molar-refractivity contribution in [2.45, 2.75) is 32.5 Å². The Morgan fingerprint density at radius 3 is 2.60 bits per heavy atom. The van der Waals surface area contributed by atoms with Gasteiger partial charge in [0, 0.05) is 18.7 Å². The van der Waals surface area contributed by atoms with Crippen LogP contribution >= 0.6 is 0 Å². The predicted molar refractivity (Wildman–Crippen MR) is 73.9 cm³/mol. The van der Waals surface area contributed by atoms with E-state index in [2.05, 4.69) is 0 Å². The topological polar surface area (TPSA) is 66.8 Å². The van der Waals surface area contributed by atoms with Gasteiger partial charge in [0.15, 0.2) is 0 Å². The van der Waals surface area contributed by atoms with Crippen LogP contribution in [0.25, 0.3) is 0 Å². The minimum atomic E-state index is -1.03. The first-order valence-corrected chi connectivity index (χ1v) is 6.59. The number of nitrogens with zero attached hydrogens (tertiary/aromatic N) is 1. The van der Waals surface area contributed by atoms with Crippen LogP contribution in [-0.2, 0) is 4.74 Å². The van der Waals surface area contributed by atoms with Crippen molar-refractivity contribution in [2.75, 3.05) is 13.1 Å². The van der Waals surface area contributed by atoms with Crippen LogP contribution in [0.4, 0.5) is 0 Å². The van der Waals surface area contributed by atoms with Crippen LogP contribution in [0.1, 0.15) is 41.5 Å². The number of hydrogen-bond donors (Lipinski definition) is 1. The molecule has 1 aromatic carbocycles. The minimum Gasteiger partial charge on any atom is -0.478 e. The van der Waals surface area contributed by atoms with E-state index in [0.717, 1.165) is 0 Å². The minimum absolute atomic E-state index is 0.0367. The zero-order chi connectivity index (χ0) is 14.9. The summed E-state index contributed by atoms with van der Waals surface area (Å²) in [5.41, 5.74) is 0.129. The molecule has 5 heteroatoms. The van der Waals surface area contributed by atoms with Crippen molar-refractivity contribution in [1.82, 2.24) is 4.90 Å². The summed E-state index contributed by atoms with van der Waals surface area (Å²) in [7, 11) is 0. The molecule has 0 aliphatic carbocycles. The summed E-state index contributed by atoms with van der Waals surface area (Å²) < 4.78 is 5.76. The highest BCUT2D eigenvalue weighted by atomic mass is 16.5. The van der Waals surface area contributed by atoms with Gasteiger partial charge in [-0.15, -0.1) is 0 Å². The first-order valence-electron chi connectivity index (χ1n) is 6.59. The number of aromatic carboxylic acids is 1. The largest absolute Gasteiger partial charge is 0.478 e. The van der Waals surface area contributed by atoms with E-state index in [-0.39, 0.29) is 17.6 Å². The van der Waals surface area contributed by atoms with E-state index < -0.39 is 11.6 Å². The molecular formula is C15H19NO4. The lowest BCUT2D eigenvalue weighted by Crippen LogP contribution is -2.53. The molecular weight excluding hydrogens is 258 g/mol. The summed E-state index contributed by atoms with van der Waals surface area (Å²) in [6.45, 7) is 6.81. The number of ether oxygens (including phenoxy) is 1. The van der Waals surface area contributed by atoms with Crippen molar-refractivity contribution in [3.05, 3.63) is 35.4 Å². The van der Waals surface area contributed by atoms with Gasteiger partial charge >= 0.3 is 5.97 Å². The molecule has 0 saturated carbocycles. The molecule has 0 bridgehead atoms. The second-order valence-corrected chi connectivity index (χ2v) is 5.76. The molecule has 1 aliphatic heterocycles. The van der Waals surface area contributed by atoms with Crippen molar-refractivity contribution in [3.8, 4) is 0 Å². The maximum atomic E-state index is 12.5. The van der Waals surface area contributed by atoms with Gasteiger partial charge in [-0.3, -0.25) is 4.79 Å². The Kier molecular flexibility index (Phi) is 3.81. The molecule has 1 unspecified atom stereocenters. The van der Waals surface area contributed by atoms with E-state index in [0.29, 0.717) is 18.7 Å². The first kappa shape index (κ1) is 14.5. The Bertz CT molecular complexity index is 538. The van der Waals surface area contributed by atoms with Gasteiger partial charge in [0.2, 0.25) is 0 Å². The standard InChI is InChI=1S/C15H19NO4/c1-10-8-16(9-15(2,3)20-10)13(17)11-5-4-6-12(7-11)14(18)19/h4-7,10H,8-9H2,1-3H3,(H,18,19). The normalized spacial score (nSPS) is 21.6. The highest BCUT2D eigenvalue weighted by molar-refractivity contribution is 5.97. The summed E-state index contributed by atoms with van der Waals surface area (Å²) in [5.74, 6) is -1.19. The third kappa shape index (κ3) is 3.17. The zero-order valence-corrected chi connectivity index (χ0v) is 11.9. The van der Waals surface area contributed by atoms with Crippen molar-refractivity contribution < 1.29 is 19.4 Å². The Balaban J connectivity index is 2.22. The van der Waals surface area contributed by atoms with Crippen LogP contribution in [0.5, 0.6) is 0 Å². The second-order valence-electron chi connectivity index (χ2n) is 5.76. The molecule has 1 amide bonds. The lowest BCUT2D eigenvalue weighted by Gasteiger charge is -2.41. The van der Waals surface area contributed by atoms with Crippen molar-refractivity contribution >= 4 is 11.9 Å². The van der Waals surface area contributed by atoms with Crippen LogP contribution in [0, 0.1) is 0 Å². The number of amides is 1. The summed E-state index contributed by atoms with van der Waals surface area (Å²) in [6, 6.07) is 6.12. The zero-order valence-electron chi connectivity index (χ0n) is 11.9. The lowest BCUT2D eigenvalue weighted by molar-refractivity contribution is -0.118. The van der Waals surface area contributed by atoms with Crippen molar-refractivity contribution in [3.63, 3.8) is 0 Å². The monoisotopic (exact) mass is 277 g/mol. The molecule has 5 nitrogen and oxygen atoms in total. The first-order chi connectivity index (χ1) is 9.28. The van der Waals surface area contributed by atoms with Crippen LogP contribution in [0.15, 0.2) is 24.3 Å². The highest BCUT2D eigenvalue weighted by Gasteiger charge is 2.34. The number of carbonyl (C=O) groups is 2. The third-order valence-electron chi connectivity index (χ3n) is 3.21.